The molecule has 0 N–H and O–H groups in total. The van der Waals surface area contributed by atoms with Gasteiger partial charge in [-0.05, 0) is 24.6 Å². The minimum atomic E-state index is -0.475. The number of oxime groups is 1. The minimum absolute atomic E-state index is 0.125. The number of hydrogen-bond donors (Lipinski definition) is 0. The number of nitrogens with zero attached hydrogens (tertiary/aromatic N) is 1. The Hall–Kier alpha value is -2.96. The lowest BCUT2D eigenvalue weighted by Gasteiger charge is -2.20. The van der Waals surface area contributed by atoms with Gasteiger partial charge in [-0.1, -0.05) is 25.4 Å². The Morgan fingerprint density at radius 3 is 2.23 bits per heavy atom. The molecule has 1 aliphatic carbocycles. The van der Waals surface area contributed by atoms with Gasteiger partial charge in [0.05, 0.1) is 31.1 Å². The summed E-state index contributed by atoms with van der Waals surface area (Å²) in [6, 6.07) is 1.58. The van der Waals surface area contributed by atoms with Gasteiger partial charge < -0.3 is 14.3 Å². The van der Waals surface area contributed by atoms with Gasteiger partial charge in [0, 0.05) is 12.0 Å². The maximum absolute atomic E-state index is 12.4. The minimum Gasteiger partial charge on any atom is -0.496 e. The van der Waals surface area contributed by atoms with Crippen molar-refractivity contribution in [1.29, 1.82) is 0 Å². The second-order valence-electron chi connectivity index (χ2n) is 5.58. The smallest absolute Gasteiger partial charge is 0.334 e. The molecular weight excluding hydrogens is 338 g/mol. The lowest BCUT2D eigenvalue weighted by molar-refractivity contribution is -0.143. The number of carbonyl (C=O) groups excluding carboxylic acids is 3. The van der Waals surface area contributed by atoms with Gasteiger partial charge in [-0.15, -0.1) is 0 Å². The van der Waals surface area contributed by atoms with Crippen molar-refractivity contribution in [3.05, 3.63) is 34.9 Å². The number of hydrogen-bond acceptors (Lipinski definition) is 7. The van der Waals surface area contributed by atoms with E-state index < -0.39 is 5.97 Å². The van der Waals surface area contributed by atoms with Gasteiger partial charge in [-0.25, -0.2) is 4.79 Å². The average Bonchev–Trinajstić information content (AvgIpc) is 2.66. The van der Waals surface area contributed by atoms with Crippen molar-refractivity contribution < 1.29 is 28.7 Å². The molecule has 1 aliphatic rings. The summed E-state index contributed by atoms with van der Waals surface area (Å²) >= 11 is 0. The summed E-state index contributed by atoms with van der Waals surface area (Å²) in [7, 11) is 2.82. The van der Waals surface area contributed by atoms with Gasteiger partial charge in [0.2, 0.25) is 0 Å². The van der Waals surface area contributed by atoms with Crippen LogP contribution in [-0.4, -0.2) is 37.5 Å². The molecule has 0 aliphatic heterocycles. The normalized spacial score (nSPS) is 13.5. The number of allylic oxidation sites excluding steroid dienone is 2. The van der Waals surface area contributed by atoms with E-state index in [0.717, 1.165) is 6.42 Å². The molecule has 0 atom stereocenters. The molecule has 2 rings (SSSR count). The predicted octanol–water partition coefficient (Wildman–Crippen LogP) is 3.10. The highest BCUT2D eigenvalue weighted by Crippen LogP contribution is 2.38. The molecule has 0 unspecified atom stereocenters. The fourth-order valence-corrected chi connectivity index (χ4v) is 2.66. The summed E-state index contributed by atoms with van der Waals surface area (Å²) in [6.45, 7) is 3.60. The van der Waals surface area contributed by atoms with Gasteiger partial charge in [0.15, 0.2) is 11.6 Å². The summed E-state index contributed by atoms with van der Waals surface area (Å²) in [5, 5.41) is 3.95. The molecular formula is C19H21NO6. The summed E-state index contributed by atoms with van der Waals surface area (Å²) in [6.07, 6.45) is 3.79. The molecule has 7 heteroatoms. The standard InChI is InChI=1S/C19H21NO6/c1-5-7-12(20-26-16(23)6-2)11-10-15(24-3)17-13(21)8-9-14(22)18(17)19(11)25-4/h8-10H,5-7H2,1-4H3. The van der Waals surface area contributed by atoms with Crippen LogP contribution < -0.4 is 9.47 Å². The predicted molar refractivity (Wildman–Crippen MR) is 95.2 cm³/mol. The molecule has 0 fully saturated rings. The van der Waals surface area contributed by atoms with Gasteiger partial charge in [0.1, 0.15) is 11.5 Å². The molecule has 138 valence electrons. The zero-order valence-corrected chi connectivity index (χ0v) is 15.3. The molecule has 26 heavy (non-hydrogen) atoms. The number of carbonyl (C=O) groups is 3. The van der Waals surface area contributed by atoms with Crippen LogP contribution in [-0.2, 0) is 9.63 Å². The molecule has 0 saturated carbocycles. The fourth-order valence-electron chi connectivity index (χ4n) is 2.66. The van der Waals surface area contributed by atoms with Crippen LogP contribution in [0.25, 0.3) is 0 Å². The van der Waals surface area contributed by atoms with E-state index in [1.54, 1.807) is 13.0 Å². The molecule has 7 nitrogen and oxygen atoms in total. The Labute approximate surface area is 151 Å². The molecule has 1 aromatic carbocycles. The summed E-state index contributed by atoms with van der Waals surface area (Å²) < 4.78 is 10.8. The van der Waals surface area contributed by atoms with Crippen molar-refractivity contribution in [3.8, 4) is 11.5 Å². The second kappa shape index (κ2) is 8.42. The van der Waals surface area contributed by atoms with E-state index in [2.05, 4.69) is 5.16 Å². The number of benzene rings is 1. The summed E-state index contributed by atoms with van der Waals surface area (Å²) in [4.78, 5) is 41.1. The monoisotopic (exact) mass is 359 g/mol. The summed E-state index contributed by atoms with van der Waals surface area (Å²) in [5.41, 5.74) is 1.16. The first-order valence-electron chi connectivity index (χ1n) is 8.31. The van der Waals surface area contributed by atoms with Crippen LogP contribution in [0.2, 0.25) is 0 Å². The number of ether oxygens (including phenoxy) is 2. The highest BCUT2D eigenvalue weighted by Gasteiger charge is 2.31. The Kier molecular flexibility index (Phi) is 6.27. The summed E-state index contributed by atoms with van der Waals surface area (Å²) in [5.74, 6) is -0.727. The third-order valence-electron chi connectivity index (χ3n) is 3.89. The Bertz CT molecular complexity index is 807. The Morgan fingerprint density at radius 2 is 1.69 bits per heavy atom. The lowest BCUT2D eigenvalue weighted by Crippen LogP contribution is -2.18. The van der Waals surface area contributed by atoms with E-state index in [4.69, 9.17) is 14.3 Å². The Balaban J connectivity index is 2.72. The highest BCUT2D eigenvalue weighted by molar-refractivity contribution is 6.25. The van der Waals surface area contributed by atoms with Crippen molar-refractivity contribution in [3.63, 3.8) is 0 Å². The average molecular weight is 359 g/mol. The molecule has 0 amide bonds. The van der Waals surface area contributed by atoms with Crippen molar-refractivity contribution in [2.45, 2.75) is 33.1 Å². The topological polar surface area (TPSA) is 91.3 Å². The maximum Gasteiger partial charge on any atom is 0.334 e. The molecule has 0 heterocycles. The fraction of sp³-hybridized carbons (Fsp3) is 0.368. The molecule has 0 aromatic heterocycles. The van der Waals surface area contributed by atoms with Crippen LogP contribution in [0.1, 0.15) is 59.4 Å². The van der Waals surface area contributed by atoms with E-state index in [-0.39, 0.29) is 40.6 Å². The van der Waals surface area contributed by atoms with Crippen LogP contribution >= 0.6 is 0 Å². The SMILES string of the molecule is CCCC(=NOC(=O)CC)c1cc(OC)c2c(c1OC)C(=O)C=CC2=O. The van der Waals surface area contributed by atoms with Crippen molar-refractivity contribution in [1.82, 2.24) is 0 Å². The van der Waals surface area contributed by atoms with E-state index >= 15 is 0 Å². The van der Waals surface area contributed by atoms with Crippen LogP contribution in [0, 0.1) is 0 Å². The first-order valence-corrected chi connectivity index (χ1v) is 8.31. The van der Waals surface area contributed by atoms with E-state index in [1.807, 2.05) is 6.92 Å². The van der Waals surface area contributed by atoms with Gasteiger partial charge in [-0.3, -0.25) is 9.59 Å². The highest BCUT2D eigenvalue weighted by atomic mass is 16.7. The largest absolute Gasteiger partial charge is 0.496 e. The number of rotatable bonds is 7. The number of fused-ring (bicyclic) bond motifs is 1. The quantitative estimate of drug-likeness (QED) is 0.422. The first kappa shape index (κ1) is 19.4. The van der Waals surface area contributed by atoms with Crippen molar-refractivity contribution in [2.75, 3.05) is 14.2 Å². The first-order chi connectivity index (χ1) is 12.5. The lowest BCUT2D eigenvalue weighted by atomic mass is 9.89. The second-order valence-corrected chi connectivity index (χ2v) is 5.58. The van der Waals surface area contributed by atoms with Crippen LogP contribution in [0.15, 0.2) is 23.4 Å². The zero-order chi connectivity index (χ0) is 19.3. The van der Waals surface area contributed by atoms with E-state index in [1.165, 1.54) is 26.4 Å². The van der Waals surface area contributed by atoms with Gasteiger partial charge >= 0.3 is 5.97 Å². The van der Waals surface area contributed by atoms with Gasteiger partial charge in [0.25, 0.3) is 0 Å². The molecule has 0 radical (unpaired) electrons. The van der Waals surface area contributed by atoms with E-state index in [0.29, 0.717) is 17.7 Å². The number of methoxy groups -OCH3 is 2. The third kappa shape index (κ3) is 3.66. The van der Waals surface area contributed by atoms with Crippen molar-refractivity contribution >= 4 is 23.2 Å². The molecule has 0 saturated heterocycles. The molecule has 0 bridgehead atoms. The van der Waals surface area contributed by atoms with Crippen LogP contribution in [0.3, 0.4) is 0 Å². The zero-order valence-electron chi connectivity index (χ0n) is 15.3. The molecule has 1 aromatic rings. The van der Waals surface area contributed by atoms with Gasteiger partial charge in [-0.2, -0.15) is 0 Å². The van der Waals surface area contributed by atoms with Crippen molar-refractivity contribution in [2.24, 2.45) is 5.16 Å². The Morgan fingerprint density at radius 1 is 1.04 bits per heavy atom. The van der Waals surface area contributed by atoms with Crippen LogP contribution in [0.5, 0.6) is 11.5 Å². The van der Waals surface area contributed by atoms with E-state index in [9.17, 15) is 14.4 Å². The molecule has 0 spiro atoms. The third-order valence-corrected chi connectivity index (χ3v) is 3.89. The number of ketones is 2. The van der Waals surface area contributed by atoms with Crippen LogP contribution in [0.4, 0.5) is 0 Å². The maximum atomic E-state index is 12.4.